The van der Waals surface area contributed by atoms with Gasteiger partial charge in [-0.05, 0) is 62.2 Å². The lowest BCUT2D eigenvalue weighted by Gasteiger charge is -2.45. The first-order chi connectivity index (χ1) is 13.2. The molecule has 3 saturated carbocycles. The van der Waals surface area contributed by atoms with E-state index < -0.39 is 12.2 Å². The predicted octanol–water partition coefficient (Wildman–Crippen LogP) is 1.80. The van der Waals surface area contributed by atoms with Crippen LogP contribution in [0.4, 0.5) is 0 Å². The van der Waals surface area contributed by atoms with Gasteiger partial charge in [-0.1, -0.05) is 27.7 Å². The van der Waals surface area contributed by atoms with Gasteiger partial charge in [-0.25, -0.2) is 0 Å². The Morgan fingerprint density at radius 1 is 0.679 bits per heavy atom. The van der Waals surface area contributed by atoms with Crippen molar-refractivity contribution in [2.75, 3.05) is 0 Å². The van der Waals surface area contributed by atoms with E-state index >= 15 is 0 Å². The van der Waals surface area contributed by atoms with Gasteiger partial charge in [0.2, 0.25) is 0 Å². The average molecular weight is 399 g/mol. The summed E-state index contributed by atoms with van der Waals surface area (Å²) < 4.78 is 13.0. The molecule has 0 aliphatic heterocycles. The highest BCUT2D eigenvalue weighted by atomic mass is 16.5. The van der Waals surface area contributed by atoms with Gasteiger partial charge in [0.1, 0.15) is 0 Å². The maximum absolute atomic E-state index is 10.2. The number of aliphatic hydroxyl groups excluding tert-OH is 2. The molecule has 3 aliphatic carbocycles. The first-order valence-electron chi connectivity index (χ1n) is 11.4. The summed E-state index contributed by atoms with van der Waals surface area (Å²) in [4.78, 5) is 0. The number of hydrogen-bond donors (Lipinski definition) is 4. The number of nitrogens with two attached hydrogens (primary N) is 2. The van der Waals surface area contributed by atoms with Crippen LogP contribution in [0.25, 0.3) is 0 Å². The lowest BCUT2D eigenvalue weighted by Crippen LogP contribution is -2.55. The maximum Gasteiger partial charge on any atom is 0.0721 e. The van der Waals surface area contributed by atoms with E-state index in [0.717, 1.165) is 38.5 Å². The van der Waals surface area contributed by atoms with Crippen molar-refractivity contribution in [1.82, 2.24) is 0 Å². The third-order valence-corrected chi connectivity index (χ3v) is 7.86. The molecule has 6 nitrogen and oxygen atoms in total. The molecule has 0 heterocycles. The lowest BCUT2D eigenvalue weighted by atomic mass is 9.75. The van der Waals surface area contributed by atoms with Gasteiger partial charge in [0.15, 0.2) is 0 Å². The van der Waals surface area contributed by atoms with E-state index in [1.54, 1.807) is 0 Å². The standard InChI is InChI=1S/C22H42N2O4/c1-11-8-17(13(3)19(23)21(11)25)27-15-6-5-7-16(10-15)28-18-9-12(2)22(26)20(24)14(18)4/h11-22,25-26H,5-10,23-24H2,1-4H3. The molecular formula is C22H42N2O4. The summed E-state index contributed by atoms with van der Waals surface area (Å²) in [6, 6.07) is -0.441. The quantitative estimate of drug-likeness (QED) is 0.575. The molecule has 0 spiro atoms. The Bertz CT molecular complexity index is 465. The largest absolute Gasteiger partial charge is 0.391 e. The van der Waals surface area contributed by atoms with Crippen LogP contribution >= 0.6 is 0 Å². The van der Waals surface area contributed by atoms with Crippen LogP contribution in [0.3, 0.4) is 0 Å². The second-order valence-corrected chi connectivity index (χ2v) is 10.0. The number of aliphatic hydroxyl groups is 2. The molecule has 6 heteroatoms. The minimum absolute atomic E-state index is 0.106. The first kappa shape index (κ1) is 22.4. The van der Waals surface area contributed by atoms with E-state index in [2.05, 4.69) is 27.7 Å². The van der Waals surface area contributed by atoms with E-state index in [0.29, 0.717) is 0 Å². The highest BCUT2D eigenvalue weighted by Crippen LogP contribution is 2.36. The summed E-state index contributed by atoms with van der Waals surface area (Å²) in [5.74, 6) is 0.658. The Hall–Kier alpha value is -0.240. The van der Waals surface area contributed by atoms with Crippen LogP contribution in [-0.4, -0.2) is 58.9 Å². The normalized spacial score (nSPS) is 53.1. The van der Waals surface area contributed by atoms with E-state index in [9.17, 15) is 10.2 Å². The first-order valence-corrected chi connectivity index (χ1v) is 11.4. The molecule has 3 fully saturated rings. The van der Waals surface area contributed by atoms with E-state index in [-0.39, 0.29) is 60.2 Å². The molecule has 0 aromatic heterocycles. The minimum atomic E-state index is -0.438. The Morgan fingerprint density at radius 3 is 1.46 bits per heavy atom. The molecule has 28 heavy (non-hydrogen) atoms. The molecule has 0 aromatic rings. The molecule has 0 amide bonds. The van der Waals surface area contributed by atoms with Crippen LogP contribution in [0.1, 0.15) is 66.2 Å². The van der Waals surface area contributed by atoms with E-state index in [1.165, 1.54) is 0 Å². The SMILES string of the molecule is CC1CC(OC2CCCC(OC3CC(C)C(O)C(N)C3C)C2)C(C)C(N)C1O. The highest BCUT2D eigenvalue weighted by molar-refractivity contribution is 4.94. The second-order valence-electron chi connectivity index (χ2n) is 10.0. The van der Waals surface area contributed by atoms with Gasteiger partial charge >= 0.3 is 0 Å². The van der Waals surface area contributed by atoms with Crippen molar-refractivity contribution in [2.24, 2.45) is 35.1 Å². The summed E-state index contributed by atoms with van der Waals surface area (Å²) in [5.41, 5.74) is 12.4. The molecule has 0 saturated heterocycles. The Morgan fingerprint density at radius 2 is 1.07 bits per heavy atom. The topological polar surface area (TPSA) is 111 Å². The van der Waals surface area contributed by atoms with Gasteiger partial charge in [0.25, 0.3) is 0 Å². The molecule has 6 N–H and O–H groups in total. The highest BCUT2D eigenvalue weighted by Gasteiger charge is 2.42. The smallest absolute Gasteiger partial charge is 0.0721 e. The lowest BCUT2D eigenvalue weighted by molar-refractivity contribution is -0.148. The molecule has 0 aromatic carbocycles. The second kappa shape index (κ2) is 9.27. The van der Waals surface area contributed by atoms with Crippen molar-refractivity contribution in [3.8, 4) is 0 Å². The fraction of sp³-hybridized carbons (Fsp3) is 1.00. The molecule has 164 valence electrons. The van der Waals surface area contributed by atoms with Gasteiger partial charge in [-0.3, -0.25) is 0 Å². The monoisotopic (exact) mass is 398 g/mol. The van der Waals surface area contributed by atoms with Crippen molar-refractivity contribution >= 4 is 0 Å². The van der Waals surface area contributed by atoms with Crippen LogP contribution in [0.5, 0.6) is 0 Å². The summed E-state index contributed by atoms with van der Waals surface area (Å²) in [5, 5.41) is 20.4. The number of rotatable bonds is 4. The zero-order chi connectivity index (χ0) is 20.6. The van der Waals surface area contributed by atoms with Crippen LogP contribution < -0.4 is 11.5 Å². The summed E-state index contributed by atoms with van der Waals surface area (Å²) in [6.45, 7) is 8.31. The van der Waals surface area contributed by atoms with Gasteiger partial charge < -0.3 is 31.2 Å². The summed E-state index contributed by atoms with van der Waals surface area (Å²) in [6.07, 6.45) is 5.57. The van der Waals surface area contributed by atoms with Crippen LogP contribution in [-0.2, 0) is 9.47 Å². The summed E-state index contributed by atoms with van der Waals surface area (Å²) >= 11 is 0. The van der Waals surface area contributed by atoms with Crippen molar-refractivity contribution < 1.29 is 19.7 Å². The Kier molecular flexibility index (Phi) is 7.43. The fourth-order valence-corrected chi connectivity index (χ4v) is 5.52. The van der Waals surface area contributed by atoms with Crippen molar-refractivity contribution in [3.63, 3.8) is 0 Å². The molecule has 0 radical (unpaired) electrons. The Balaban J connectivity index is 1.54. The molecule has 3 rings (SSSR count). The molecule has 12 unspecified atom stereocenters. The van der Waals surface area contributed by atoms with E-state index in [1.807, 2.05) is 0 Å². The van der Waals surface area contributed by atoms with E-state index in [4.69, 9.17) is 20.9 Å². The molecular weight excluding hydrogens is 356 g/mol. The van der Waals surface area contributed by atoms with Crippen molar-refractivity contribution in [3.05, 3.63) is 0 Å². The fourth-order valence-electron chi connectivity index (χ4n) is 5.52. The van der Waals surface area contributed by atoms with Gasteiger partial charge in [-0.15, -0.1) is 0 Å². The zero-order valence-electron chi connectivity index (χ0n) is 18.0. The summed E-state index contributed by atoms with van der Waals surface area (Å²) in [7, 11) is 0. The zero-order valence-corrected chi connectivity index (χ0v) is 18.0. The average Bonchev–Trinajstić information content (AvgIpc) is 2.67. The van der Waals surface area contributed by atoms with Crippen LogP contribution in [0, 0.1) is 23.7 Å². The number of hydrogen-bond acceptors (Lipinski definition) is 6. The van der Waals surface area contributed by atoms with Crippen LogP contribution in [0.15, 0.2) is 0 Å². The molecule has 0 bridgehead atoms. The van der Waals surface area contributed by atoms with Crippen molar-refractivity contribution in [2.45, 2.75) is 115 Å². The van der Waals surface area contributed by atoms with Crippen molar-refractivity contribution in [1.29, 1.82) is 0 Å². The predicted molar refractivity (Wildman–Crippen MR) is 110 cm³/mol. The van der Waals surface area contributed by atoms with Crippen LogP contribution in [0.2, 0.25) is 0 Å². The number of ether oxygens (including phenoxy) is 2. The van der Waals surface area contributed by atoms with Gasteiger partial charge in [0.05, 0.1) is 36.6 Å². The molecule has 12 atom stereocenters. The third-order valence-electron chi connectivity index (χ3n) is 7.86. The van der Waals surface area contributed by atoms with Gasteiger partial charge in [0, 0.05) is 12.1 Å². The Labute approximate surface area is 170 Å². The third kappa shape index (κ3) is 4.73. The van der Waals surface area contributed by atoms with Gasteiger partial charge in [-0.2, -0.15) is 0 Å². The molecule has 3 aliphatic rings. The minimum Gasteiger partial charge on any atom is -0.391 e. The maximum atomic E-state index is 10.2.